The molecule has 134 valence electrons. The first kappa shape index (κ1) is 18.7. The maximum Gasteiger partial charge on any atom is 0.193 e. The second-order valence-electron chi connectivity index (χ2n) is 6.12. The van der Waals surface area contributed by atoms with Gasteiger partial charge < -0.3 is 15.0 Å². The van der Waals surface area contributed by atoms with Crippen LogP contribution in [0.15, 0.2) is 35.3 Å². The minimum atomic E-state index is 0.646. The number of nitrogens with zero attached hydrogens (tertiary/aromatic N) is 3. The van der Waals surface area contributed by atoms with Crippen molar-refractivity contribution in [1.82, 2.24) is 15.1 Å². The van der Waals surface area contributed by atoms with Crippen molar-refractivity contribution >= 4 is 5.96 Å². The minimum Gasteiger partial charge on any atom is -0.375 e. The van der Waals surface area contributed by atoms with Gasteiger partial charge >= 0.3 is 0 Å². The Morgan fingerprint density at radius 2 is 2.04 bits per heavy atom. The standard InChI is InChI=1S/C19H32N4O/c1-4-22(5-2)18-11-13-23(15-18)19(20-3)21-12-14-24-16-17-9-7-6-8-10-17/h6-10,18H,4-5,11-16H2,1-3H3,(H,20,21). The second-order valence-corrected chi connectivity index (χ2v) is 6.12. The average molecular weight is 332 g/mol. The Hall–Kier alpha value is -1.59. The van der Waals surface area contributed by atoms with Crippen molar-refractivity contribution in [3.8, 4) is 0 Å². The second kappa shape index (κ2) is 10.3. The topological polar surface area (TPSA) is 40.1 Å². The first-order valence-electron chi connectivity index (χ1n) is 9.09. The molecule has 0 bridgehead atoms. The normalized spacial score (nSPS) is 18.4. The lowest BCUT2D eigenvalue weighted by molar-refractivity contribution is 0.125. The van der Waals surface area contributed by atoms with Crippen molar-refractivity contribution in [2.24, 2.45) is 4.99 Å². The number of rotatable bonds is 8. The van der Waals surface area contributed by atoms with E-state index in [0.29, 0.717) is 19.3 Å². The van der Waals surface area contributed by atoms with E-state index in [4.69, 9.17) is 4.74 Å². The van der Waals surface area contributed by atoms with E-state index >= 15 is 0 Å². The summed E-state index contributed by atoms with van der Waals surface area (Å²) in [6, 6.07) is 10.9. The summed E-state index contributed by atoms with van der Waals surface area (Å²) in [7, 11) is 1.86. The maximum atomic E-state index is 5.73. The molecule has 5 heteroatoms. The number of hydrogen-bond acceptors (Lipinski definition) is 3. The molecule has 0 saturated carbocycles. The van der Waals surface area contributed by atoms with Gasteiger partial charge in [-0.15, -0.1) is 0 Å². The molecule has 0 aromatic heterocycles. The van der Waals surface area contributed by atoms with Gasteiger partial charge in [-0.2, -0.15) is 0 Å². The fourth-order valence-electron chi connectivity index (χ4n) is 3.30. The highest BCUT2D eigenvalue weighted by Crippen LogP contribution is 2.15. The van der Waals surface area contributed by atoms with Gasteiger partial charge in [0.15, 0.2) is 5.96 Å². The molecule has 1 N–H and O–H groups in total. The molecule has 1 unspecified atom stereocenters. The summed E-state index contributed by atoms with van der Waals surface area (Å²) >= 11 is 0. The van der Waals surface area contributed by atoms with Crippen LogP contribution in [0.1, 0.15) is 25.8 Å². The molecule has 1 saturated heterocycles. The van der Waals surface area contributed by atoms with Crippen LogP contribution in [-0.4, -0.2) is 68.2 Å². The molecule has 1 aromatic carbocycles. The summed E-state index contributed by atoms with van der Waals surface area (Å²) in [5.41, 5.74) is 1.21. The summed E-state index contributed by atoms with van der Waals surface area (Å²) in [4.78, 5) is 9.33. The lowest BCUT2D eigenvalue weighted by Crippen LogP contribution is -2.44. The summed E-state index contributed by atoms with van der Waals surface area (Å²) in [6.45, 7) is 11.0. The Kier molecular flexibility index (Phi) is 8.05. The smallest absolute Gasteiger partial charge is 0.193 e. The molecule has 1 atom stereocenters. The van der Waals surface area contributed by atoms with Gasteiger partial charge in [-0.25, -0.2) is 0 Å². The predicted octanol–water partition coefficient (Wildman–Crippen LogP) is 2.19. The van der Waals surface area contributed by atoms with Crippen LogP contribution < -0.4 is 5.32 Å². The van der Waals surface area contributed by atoms with E-state index < -0.39 is 0 Å². The van der Waals surface area contributed by atoms with Gasteiger partial charge in [-0.05, 0) is 25.1 Å². The van der Waals surface area contributed by atoms with Gasteiger partial charge in [0.2, 0.25) is 0 Å². The van der Waals surface area contributed by atoms with Gasteiger partial charge in [-0.3, -0.25) is 9.89 Å². The number of likely N-dealkylation sites (tertiary alicyclic amines) is 1. The van der Waals surface area contributed by atoms with Crippen molar-refractivity contribution in [2.45, 2.75) is 32.9 Å². The molecule has 1 aromatic rings. The lowest BCUT2D eigenvalue weighted by Gasteiger charge is -2.27. The third-order valence-electron chi connectivity index (χ3n) is 4.64. The Balaban J connectivity index is 1.67. The van der Waals surface area contributed by atoms with Gasteiger partial charge in [0, 0.05) is 32.7 Å². The van der Waals surface area contributed by atoms with Crippen molar-refractivity contribution < 1.29 is 4.74 Å². The Morgan fingerprint density at radius 3 is 2.71 bits per heavy atom. The zero-order chi connectivity index (χ0) is 17.2. The van der Waals surface area contributed by atoms with Crippen LogP contribution in [0.25, 0.3) is 0 Å². The number of benzene rings is 1. The molecule has 1 aliphatic rings. The molecule has 24 heavy (non-hydrogen) atoms. The molecule has 5 nitrogen and oxygen atoms in total. The molecule has 0 aliphatic carbocycles. The Labute approximate surface area is 146 Å². The monoisotopic (exact) mass is 332 g/mol. The van der Waals surface area contributed by atoms with E-state index in [1.54, 1.807) is 0 Å². The Morgan fingerprint density at radius 1 is 1.29 bits per heavy atom. The fourth-order valence-corrected chi connectivity index (χ4v) is 3.30. The summed E-state index contributed by atoms with van der Waals surface area (Å²) in [6.07, 6.45) is 1.22. The average Bonchev–Trinajstić information content (AvgIpc) is 3.10. The van der Waals surface area contributed by atoms with Crippen molar-refractivity contribution in [3.63, 3.8) is 0 Å². The molecule has 0 spiro atoms. The zero-order valence-electron chi connectivity index (χ0n) is 15.4. The zero-order valence-corrected chi connectivity index (χ0v) is 15.4. The summed E-state index contributed by atoms with van der Waals surface area (Å²) in [5.74, 6) is 0.993. The molecule has 1 heterocycles. The van der Waals surface area contributed by atoms with Gasteiger partial charge in [-0.1, -0.05) is 44.2 Å². The number of likely N-dealkylation sites (N-methyl/N-ethyl adjacent to an activating group) is 1. The Bertz CT molecular complexity index is 487. The molecule has 1 fully saturated rings. The molecular formula is C19H32N4O. The van der Waals surface area contributed by atoms with Crippen LogP contribution in [0.4, 0.5) is 0 Å². The summed E-state index contributed by atoms with van der Waals surface area (Å²) in [5, 5.41) is 3.43. The van der Waals surface area contributed by atoms with Crippen LogP contribution in [-0.2, 0) is 11.3 Å². The van der Waals surface area contributed by atoms with E-state index in [1.807, 2.05) is 25.2 Å². The van der Waals surface area contributed by atoms with Crippen LogP contribution >= 0.6 is 0 Å². The number of nitrogens with one attached hydrogen (secondary N) is 1. The molecular weight excluding hydrogens is 300 g/mol. The van der Waals surface area contributed by atoms with E-state index in [-0.39, 0.29) is 0 Å². The van der Waals surface area contributed by atoms with Gasteiger partial charge in [0.25, 0.3) is 0 Å². The van der Waals surface area contributed by atoms with Crippen LogP contribution in [0.5, 0.6) is 0 Å². The first-order chi connectivity index (χ1) is 11.8. The minimum absolute atomic E-state index is 0.646. The number of guanidine groups is 1. The largest absolute Gasteiger partial charge is 0.375 e. The highest BCUT2D eigenvalue weighted by molar-refractivity contribution is 5.80. The van der Waals surface area contributed by atoms with Crippen LogP contribution in [0.3, 0.4) is 0 Å². The molecule has 2 rings (SSSR count). The van der Waals surface area contributed by atoms with Crippen molar-refractivity contribution in [1.29, 1.82) is 0 Å². The fraction of sp³-hybridized carbons (Fsp3) is 0.632. The van der Waals surface area contributed by atoms with Crippen molar-refractivity contribution in [3.05, 3.63) is 35.9 Å². The van der Waals surface area contributed by atoms with Crippen LogP contribution in [0.2, 0.25) is 0 Å². The summed E-state index contributed by atoms with van der Waals surface area (Å²) < 4.78 is 5.73. The maximum absolute atomic E-state index is 5.73. The van der Waals surface area contributed by atoms with E-state index in [9.17, 15) is 0 Å². The molecule has 1 aliphatic heterocycles. The number of hydrogen-bond donors (Lipinski definition) is 1. The van der Waals surface area contributed by atoms with Crippen LogP contribution in [0, 0.1) is 0 Å². The quantitative estimate of drug-likeness (QED) is 0.450. The third-order valence-corrected chi connectivity index (χ3v) is 4.64. The van der Waals surface area contributed by atoms with Crippen molar-refractivity contribution in [2.75, 3.05) is 46.4 Å². The SMILES string of the molecule is CCN(CC)C1CCN(C(=NC)NCCOCc2ccccc2)C1. The molecule has 0 radical (unpaired) electrons. The predicted molar refractivity (Wildman–Crippen MR) is 100 cm³/mol. The van der Waals surface area contributed by atoms with Gasteiger partial charge in [0.1, 0.15) is 0 Å². The van der Waals surface area contributed by atoms with E-state index in [2.05, 4.69) is 46.1 Å². The highest BCUT2D eigenvalue weighted by Gasteiger charge is 2.27. The highest BCUT2D eigenvalue weighted by atomic mass is 16.5. The van der Waals surface area contributed by atoms with Gasteiger partial charge in [0.05, 0.1) is 13.2 Å². The number of ether oxygens (including phenoxy) is 1. The number of aliphatic imine (C=N–C) groups is 1. The molecule has 0 amide bonds. The third kappa shape index (κ3) is 5.49. The lowest BCUT2D eigenvalue weighted by atomic mass is 10.2. The van der Waals surface area contributed by atoms with E-state index in [0.717, 1.165) is 38.7 Å². The van der Waals surface area contributed by atoms with E-state index in [1.165, 1.54) is 12.0 Å². The first-order valence-corrected chi connectivity index (χ1v) is 9.09.